The number of aryl methyl sites for hydroxylation is 2. The lowest BCUT2D eigenvalue weighted by Crippen LogP contribution is -2.04. The molecule has 1 rings (SSSR count). The third-order valence-electron chi connectivity index (χ3n) is 2.92. The van der Waals surface area contributed by atoms with Gasteiger partial charge in [-0.25, -0.2) is 4.68 Å². The normalized spacial score (nSPS) is 10.9. The zero-order chi connectivity index (χ0) is 11.6. The van der Waals surface area contributed by atoms with Crippen LogP contribution in [0.5, 0.6) is 0 Å². The van der Waals surface area contributed by atoms with Gasteiger partial charge in [0.05, 0.1) is 11.9 Å². The van der Waals surface area contributed by atoms with Crippen LogP contribution in [0.4, 0.5) is 0 Å². The minimum absolute atomic E-state index is 1.01. The van der Waals surface area contributed by atoms with Crippen LogP contribution in [0.25, 0.3) is 0 Å². The van der Waals surface area contributed by atoms with E-state index >= 15 is 0 Å². The van der Waals surface area contributed by atoms with Crippen LogP contribution in [-0.4, -0.2) is 15.0 Å². The molecule has 0 saturated heterocycles. The molecular weight excluding hydrogens is 198 g/mol. The molecule has 0 spiro atoms. The van der Waals surface area contributed by atoms with E-state index in [0.29, 0.717) is 0 Å². The molecule has 0 bridgehead atoms. The molecule has 1 aromatic rings. The summed E-state index contributed by atoms with van der Waals surface area (Å²) in [7, 11) is 0. The standard InChI is InChI=1S/C13H25N3/c1-3-5-6-7-8-9-10-13-12-14-15-16(13)11-4-2/h12H,3-11H2,1-2H3. The van der Waals surface area contributed by atoms with Crippen molar-refractivity contribution in [3.63, 3.8) is 0 Å². The Hall–Kier alpha value is -0.860. The molecule has 0 radical (unpaired) electrons. The van der Waals surface area contributed by atoms with E-state index in [-0.39, 0.29) is 0 Å². The second-order valence-corrected chi connectivity index (χ2v) is 4.47. The lowest BCUT2D eigenvalue weighted by atomic mass is 10.1. The van der Waals surface area contributed by atoms with Crippen molar-refractivity contribution in [3.05, 3.63) is 11.9 Å². The van der Waals surface area contributed by atoms with Gasteiger partial charge in [0, 0.05) is 6.54 Å². The van der Waals surface area contributed by atoms with Crippen molar-refractivity contribution in [2.24, 2.45) is 0 Å². The van der Waals surface area contributed by atoms with Crippen LogP contribution in [0.1, 0.15) is 64.5 Å². The summed E-state index contributed by atoms with van der Waals surface area (Å²) in [5.74, 6) is 0. The second-order valence-electron chi connectivity index (χ2n) is 4.47. The SMILES string of the molecule is CCCCCCCCc1cnnn1CCC. The van der Waals surface area contributed by atoms with Gasteiger partial charge in [-0.15, -0.1) is 5.10 Å². The fourth-order valence-corrected chi connectivity index (χ4v) is 1.96. The fraction of sp³-hybridized carbons (Fsp3) is 0.846. The van der Waals surface area contributed by atoms with Crippen LogP contribution < -0.4 is 0 Å². The highest BCUT2D eigenvalue weighted by Gasteiger charge is 2.02. The molecule has 0 N–H and O–H groups in total. The van der Waals surface area contributed by atoms with Gasteiger partial charge < -0.3 is 0 Å². The first-order valence-corrected chi connectivity index (χ1v) is 6.75. The maximum Gasteiger partial charge on any atom is 0.0725 e. The van der Waals surface area contributed by atoms with Crippen molar-refractivity contribution in [2.75, 3.05) is 0 Å². The minimum atomic E-state index is 1.01. The molecule has 0 aliphatic carbocycles. The summed E-state index contributed by atoms with van der Waals surface area (Å²) in [5, 5.41) is 8.08. The summed E-state index contributed by atoms with van der Waals surface area (Å²) < 4.78 is 2.05. The van der Waals surface area contributed by atoms with E-state index in [1.165, 1.54) is 44.2 Å². The maximum atomic E-state index is 4.10. The van der Waals surface area contributed by atoms with E-state index in [9.17, 15) is 0 Å². The van der Waals surface area contributed by atoms with Crippen molar-refractivity contribution < 1.29 is 0 Å². The average molecular weight is 223 g/mol. The first kappa shape index (κ1) is 13.2. The molecular formula is C13H25N3. The highest BCUT2D eigenvalue weighted by Crippen LogP contribution is 2.09. The lowest BCUT2D eigenvalue weighted by Gasteiger charge is -2.04. The maximum absolute atomic E-state index is 4.10. The molecule has 16 heavy (non-hydrogen) atoms. The van der Waals surface area contributed by atoms with Crippen molar-refractivity contribution in [2.45, 2.75) is 71.8 Å². The van der Waals surface area contributed by atoms with Crippen LogP contribution in [-0.2, 0) is 13.0 Å². The van der Waals surface area contributed by atoms with Crippen LogP contribution in [0.15, 0.2) is 6.20 Å². The van der Waals surface area contributed by atoms with Gasteiger partial charge in [-0.3, -0.25) is 0 Å². The van der Waals surface area contributed by atoms with Crippen LogP contribution in [0, 0.1) is 0 Å². The van der Waals surface area contributed by atoms with E-state index in [4.69, 9.17) is 0 Å². The topological polar surface area (TPSA) is 30.7 Å². The Morgan fingerprint density at radius 1 is 1.00 bits per heavy atom. The van der Waals surface area contributed by atoms with Gasteiger partial charge in [0.1, 0.15) is 0 Å². The smallest absolute Gasteiger partial charge is 0.0725 e. The fourth-order valence-electron chi connectivity index (χ4n) is 1.96. The Bertz CT molecular complexity index is 268. The second kappa shape index (κ2) is 8.31. The van der Waals surface area contributed by atoms with Gasteiger partial charge in [0.2, 0.25) is 0 Å². The zero-order valence-electron chi connectivity index (χ0n) is 10.8. The highest BCUT2D eigenvalue weighted by atomic mass is 15.4. The summed E-state index contributed by atoms with van der Waals surface area (Å²) in [5.41, 5.74) is 1.30. The van der Waals surface area contributed by atoms with E-state index in [0.717, 1.165) is 19.4 Å². The zero-order valence-corrected chi connectivity index (χ0v) is 10.8. The molecule has 0 saturated carbocycles. The Labute approximate surface area is 99.2 Å². The molecule has 3 heteroatoms. The molecule has 3 nitrogen and oxygen atoms in total. The van der Waals surface area contributed by atoms with E-state index in [1.54, 1.807) is 0 Å². The van der Waals surface area contributed by atoms with Crippen molar-refractivity contribution in [1.82, 2.24) is 15.0 Å². The summed E-state index contributed by atoms with van der Waals surface area (Å²) in [4.78, 5) is 0. The predicted molar refractivity (Wildman–Crippen MR) is 67.4 cm³/mol. The van der Waals surface area contributed by atoms with E-state index in [1.807, 2.05) is 10.9 Å². The quantitative estimate of drug-likeness (QED) is 0.599. The first-order valence-electron chi connectivity index (χ1n) is 6.75. The average Bonchev–Trinajstić information content (AvgIpc) is 2.72. The monoisotopic (exact) mass is 223 g/mol. The lowest BCUT2D eigenvalue weighted by molar-refractivity contribution is 0.539. The van der Waals surface area contributed by atoms with Gasteiger partial charge in [0.15, 0.2) is 0 Å². The molecule has 0 aliphatic rings. The molecule has 0 aromatic carbocycles. The van der Waals surface area contributed by atoms with E-state index in [2.05, 4.69) is 24.2 Å². The largest absolute Gasteiger partial charge is 0.249 e. The Morgan fingerprint density at radius 3 is 2.50 bits per heavy atom. The minimum Gasteiger partial charge on any atom is -0.249 e. The molecule has 0 fully saturated rings. The van der Waals surface area contributed by atoms with Gasteiger partial charge >= 0.3 is 0 Å². The highest BCUT2D eigenvalue weighted by molar-refractivity contribution is 4.93. The number of hydrogen-bond acceptors (Lipinski definition) is 2. The molecule has 0 unspecified atom stereocenters. The molecule has 0 amide bonds. The number of unbranched alkanes of at least 4 members (excludes halogenated alkanes) is 5. The summed E-state index contributed by atoms with van der Waals surface area (Å²) >= 11 is 0. The number of hydrogen-bond donors (Lipinski definition) is 0. The summed E-state index contributed by atoms with van der Waals surface area (Å²) in [6, 6.07) is 0. The van der Waals surface area contributed by atoms with Gasteiger partial charge in [-0.1, -0.05) is 51.2 Å². The Balaban J connectivity index is 2.13. The molecule has 0 aliphatic heterocycles. The van der Waals surface area contributed by atoms with Crippen molar-refractivity contribution >= 4 is 0 Å². The molecule has 1 heterocycles. The first-order chi connectivity index (χ1) is 7.88. The van der Waals surface area contributed by atoms with Gasteiger partial charge in [0.25, 0.3) is 0 Å². The predicted octanol–water partition coefficient (Wildman–Crippen LogP) is 3.59. The third kappa shape index (κ3) is 4.77. The van der Waals surface area contributed by atoms with Gasteiger partial charge in [-0.05, 0) is 19.3 Å². The Kier molecular flexibility index (Phi) is 6.86. The molecule has 0 atom stereocenters. The number of rotatable bonds is 9. The van der Waals surface area contributed by atoms with Crippen LogP contribution in [0.2, 0.25) is 0 Å². The Morgan fingerprint density at radius 2 is 1.75 bits per heavy atom. The summed E-state index contributed by atoms with van der Waals surface area (Å²) in [6.45, 7) is 5.44. The number of aromatic nitrogens is 3. The van der Waals surface area contributed by atoms with Gasteiger partial charge in [-0.2, -0.15) is 0 Å². The molecule has 92 valence electrons. The molecule has 1 aromatic heterocycles. The van der Waals surface area contributed by atoms with Crippen LogP contribution in [0.3, 0.4) is 0 Å². The van der Waals surface area contributed by atoms with Crippen molar-refractivity contribution in [3.8, 4) is 0 Å². The van der Waals surface area contributed by atoms with Crippen molar-refractivity contribution in [1.29, 1.82) is 0 Å². The summed E-state index contributed by atoms with van der Waals surface area (Å²) in [6.07, 6.45) is 12.3. The van der Waals surface area contributed by atoms with Crippen LogP contribution >= 0.6 is 0 Å². The third-order valence-corrected chi connectivity index (χ3v) is 2.92. The number of nitrogens with zero attached hydrogens (tertiary/aromatic N) is 3. The van der Waals surface area contributed by atoms with E-state index < -0.39 is 0 Å².